The van der Waals surface area contributed by atoms with E-state index in [-0.39, 0.29) is 24.0 Å². The minimum atomic E-state index is 0.0619. The number of fused-ring (bicyclic) bond motifs is 1. The second kappa shape index (κ2) is 9.27. The molecule has 0 amide bonds. The predicted octanol–water partition coefficient (Wildman–Crippen LogP) is 8.86. The van der Waals surface area contributed by atoms with E-state index >= 15 is 0 Å². The summed E-state index contributed by atoms with van der Waals surface area (Å²) in [5.74, 6) is 1.19. The number of ether oxygens (including phenoxy) is 1. The van der Waals surface area contributed by atoms with Crippen LogP contribution >= 0.6 is 50.7 Å². The minimum absolute atomic E-state index is 0.0619. The van der Waals surface area contributed by atoms with Crippen molar-refractivity contribution < 1.29 is 4.74 Å². The van der Waals surface area contributed by atoms with Gasteiger partial charge in [-0.15, -0.1) is 0 Å². The highest BCUT2D eigenvalue weighted by molar-refractivity contribution is 9.10. The number of hydrogen-bond donors (Lipinski definition) is 0. The normalized spacial score (nSPS) is 29.7. The van der Waals surface area contributed by atoms with Gasteiger partial charge in [-0.2, -0.15) is 0 Å². The molecule has 2 aliphatic rings. The van der Waals surface area contributed by atoms with E-state index in [1.165, 1.54) is 5.56 Å². The van der Waals surface area contributed by atoms with E-state index in [9.17, 15) is 0 Å². The van der Waals surface area contributed by atoms with Crippen molar-refractivity contribution in [1.82, 2.24) is 4.98 Å². The Balaban J connectivity index is 1.57. The van der Waals surface area contributed by atoms with Crippen LogP contribution in [0.1, 0.15) is 54.5 Å². The van der Waals surface area contributed by atoms with Gasteiger partial charge in [-0.1, -0.05) is 53.0 Å². The van der Waals surface area contributed by atoms with Crippen LogP contribution in [0.15, 0.2) is 65.3 Å². The SMILES string of the molecule is C[C@H]1OC(c2ccc(Cl)cc2)[C@@H]2CC[C@@H](c3ccc(Cl)cc3Cl)[C@H](c3ccc(Br)cn3)[C@H]12. The molecule has 1 unspecified atom stereocenters. The van der Waals surface area contributed by atoms with E-state index < -0.39 is 0 Å². The molecular formula is C26H23BrCl3NO. The van der Waals surface area contributed by atoms with Gasteiger partial charge in [-0.05, 0) is 101 Å². The van der Waals surface area contributed by atoms with Crippen molar-refractivity contribution in [2.24, 2.45) is 11.8 Å². The summed E-state index contributed by atoms with van der Waals surface area (Å²) >= 11 is 22.6. The van der Waals surface area contributed by atoms with Gasteiger partial charge in [0, 0.05) is 37.3 Å². The lowest BCUT2D eigenvalue weighted by Crippen LogP contribution is -2.35. The Hall–Kier alpha value is -1.10. The van der Waals surface area contributed by atoms with Crippen molar-refractivity contribution in [3.05, 3.63) is 97.2 Å². The third-order valence-corrected chi connectivity index (χ3v) is 8.38. The summed E-state index contributed by atoms with van der Waals surface area (Å²) in [4.78, 5) is 4.84. The summed E-state index contributed by atoms with van der Waals surface area (Å²) in [6, 6.07) is 18.2. The molecule has 2 heterocycles. The Morgan fingerprint density at radius 3 is 2.38 bits per heavy atom. The molecule has 1 aromatic heterocycles. The van der Waals surface area contributed by atoms with Crippen molar-refractivity contribution in [3.8, 4) is 0 Å². The zero-order chi connectivity index (χ0) is 22.4. The number of pyridine rings is 1. The fourth-order valence-electron chi connectivity index (χ4n) is 5.81. The molecule has 1 aliphatic heterocycles. The average Bonchev–Trinajstić information content (AvgIpc) is 3.11. The molecule has 2 fully saturated rings. The Morgan fingerprint density at radius 2 is 1.69 bits per heavy atom. The van der Waals surface area contributed by atoms with Gasteiger partial charge in [0.05, 0.1) is 12.2 Å². The summed E-state index contributed by atoms with van der Waals surface area (Å²) in [6.45, 7) is 2.20. The molecule has 0 N–H and O–H groups in total. The van der Waals surface area contributed by atoms with Crippen LogP contribution in [-0.4, -0.2) is 11.1 Å². The predicted molar refractivity (Wildman–Crippen MR) is 135 cm³/mol. The average molecular weight is 552 g/mol. The molecule has 6 heteroatoms. The van der Waals surface area contributed by atoms with Crippen molar-refractivity contribution >= 4 is 50.7 Å². The molecule has 0 spiro atoms. The summed E-state index contributed by atoms with van der Waals surface area (Å²) in [6.07, 6.45) is 4.14. The van der Waals surface area contributed by atoms with Crippen LogP contribution in [0.2, 0.25) is 15.1 Å². The van der Waals surface area contributed by atoms with Crippen LogP contribution in [0.25, 0.3) is 0 Å². The molecular weight excluding hydrogens is 529 g/mol. The van der Waals surface area contributed by atoms with Gasteiger partial charge < -0.3 is 4.74 Å². The quantitative estimate of drug-likeness (QED) is 0.324. The zero-order valence-corrected chi connectivity index (χ0v) is 21.4. The molecule has 2 nitrogen and oxygen atoms in total. The number of rotatable bonds is 3. The van der Waals surface area contributed by atoms with Crippen LogP contribution in [0.4, 0.5) is 0 Å². The summed E-state index contributed by atoms with van der Waals surface area (Å²) in [7, 11) is 0. The second-order valence-corrected chi connectivity index (χ2v) is 11.0. The molecule has 2 aromatic carbocycles. The second-order valence-electron chi connectivity index (χ2n) is 8.83. The fourth-order valence-corrected chi connectivity index (χ4v) is 6.72. The van der Waals surface area contributed by atoms with Crippen molar-refractivity contribution in [2.45, 2.75) is 43.8 Å². The van der Waals surface area contributed by atoms with E-state index in [4.69, 9.17) is 44.5 Å². The van der Waals surface area contributed by atoms with E-state index in [2.05, 4.69) is 53.2 Å². The Bertz CT molecular complexity index is 1110. The minimum Gasteiger partial charge on any atom is -0.370 e. The van der Waals surface area contributed by atoms with E-state index in [0.29, 0.717) is 16.9 Å². The van der Waals surface area contributed by atoms with Gasteiger partial charge in [0.2, 0.25) is 0 Å². The van der Waals surface area contributed by atoms with Crippen LogP contribution in [0, 0.1) is 11.8 Å². The van der Waals surface area contributed by atoms with E-state index in [1.54, 1.807) is 0 Å². The monoisotopic (exact) mass is 549 g/mol. The number of aromatic nitrogens is 1. The third kappa shape index (κ3) is 4.23. The number of hydrogen-bond acceptors (Lipinski definition) is 2. The molecule has 1 saturated carbocycles. The van der Waals surface area contributed by atoms with Crippen LogP contribution < -0.4 is 0 Å². The summed E-state index contributed by atoms with van der Waals surface area (Å²) in [5, 5.41) is 2.13. The first kappa shape index (κ1) is 22.7. The Kier molecular flexibility index (Phi) is 6.57. The van der Waals surface area contributed by atoms with Gasteiger partial charge in [0.15, 0.2) is 0 Å². The largest absolute Gasteiger partial charge is 0.370 e. The molecule has 0 bridgehead atoms. The van der Waals surface area contributed by atoms with Crippen molar-refractivity contribution in [1.29, 1.82) is 0 Å². The maximum absolute atomic E-state index is 6.70. The van der Waals surface area contributed by atoms with Gasteiger partial charge in [0.1, 0.15) is 0 Å². The van der Waals surface area contributed by atoms with Crippen molar-refractivity contribution in [2.75, 3.05) is 0 Å². The molecule has 5 rings (SSSR count). The third-order valence-electron chi connectivity index (χ3n) is 7.10. The zero-order valence-electron chi connectivity index (χ0n) is 17.5. The van der Waals surface area contributed by atoms with E-state index in [1.807, 2.05) is 30.5 Å². The molecule has 166 valence electrons. The molecule has 1 aliphatic carbocycles. The van der Waals surface area contributed by atoms with Gasteiger partial charge >= 0.3 is 0 Å². The first-order valence-electron chi connectivity index (χ1n) is 10.9. The smallest absolute Gasteiger partial charge is 0.0860 e. The number of nitrogens with zero attached hydrogens (tertiary/aromatic N) is 1. The Morgan fingerprint density at radius 1 is 0.938 bits per heavy atom. The van der Waals surface area contributed by atoms with Crippen molar-refractivity contribution in [3.63, 3.8) is 0 Å². The number of halogens is 4. The lowest BCUT2D eigenvalue weighted by atomic mass is 9.61. The lowest BCUT2D eigenvalue weighted by Gasteiger charge is -2.42. The number of benzene rings is 2. The highest BCUT2D eigenvalue weighted by Gasteiger charge is 2.52. The van der Waals surface area contributed by atoms with Crippen LogP contribution in [0.5, 0.6) is 0 Å². The standard InChI is InChI=1S/C26H23BrCl3NO/c1-14-24-21(26(32-14)15-2-5-17(28)6-3-15)10-9-20(19-8-7-18(29)12-22(19)30)25(24)23-11-4-16(27)13-31-23/h2-8,11-14,20-21,24-26H,9-10H2,1H3/t14-,20+,21-,24-,25-,26?/m1/s1. The van der Waals surface area contributed by atoms with E-state index in [0.717, 1.165) is 38.6 Å². The molecule has 1 saturated heterocycles. The molecule has 0 radical (unpaired) electrons. The highest BCUT2D eigenvalue weighted by Crippen LogP contribution is 2.59. The maximum atomic E-state index is 6.70. The topological polar surface area (TPSA) is 22.1 Å². The Labute approximate surface area is 212 Å². The molecule has 6 atom stereocenters. The molecule has 3 aromatic rings. The maximum Gasteiger partial charge on any atom is 0.0860 e. The highest BCUT2D eigenvalue weighted by atomic mass is 79.9. The summed E-state index contributed by atoms with van der Waals surface area (Å²) < 4.78 is 7.59. The van der Waals surface area contributed by atoms with Gasteiger partial charge in [0.25, 0.3) is 0 Å². The first-order chi connectivity index (χ1) is 15.4. The fraction of sp³-hybridized carbons (Fsp3) is 0.346. The van der Waals surface area contributed by atoms with Crippen LogP contribution in [-0.2, 0) is 4.74 Å². The van der Waals surface area contributed by atoms with Crippen LogP contribution in [0.3, 0.4) is 0 Å². The molecule has 32 heavy (non-hydrogen) atoms. The van der Waals surface area contributed by atoms with Gasteiger partial charge in [-0.3, -0.25) is 4.98 Å². The lowest BCUT2D eigenvalue weighted by molar-refractivity contribution is 0.0374. The first-order valence-corrected chi connectivity index (χ1v) is 12.8. The summed E-state index contributed by atoms with van der Waals surface area (Å²) in [5.41, 5.74) is 3.43. The van der Waals surface area contributed by atoms with Gasteiger partial charge in [-0.25, -0.2) is 0 Å².